The average Bonchev–Trinajstić information content (AvgIpc) is 3.11. The van der Waals surface area contributed by atoms with E-state index in [1.807, 2.05) is 0 Å². The van der Waals surface area contributed by atoms with Crippen molar-refractivity contribution < 1.29 is 4.79 Å². The molecular formula is C12H9ClN6O. The normalized spacial score (nSPS) is 10.4. The number of benzene rings is 1. The molecule has 8 heteroatoms. The first-order valence-electron chi connectivity index (χ1n) is 5.70. The van der Waals surface area contributed by atoms with E-state index < -0.39 is 0 Å². The van der Waals surface area contributed by atoms with Gasteiger partial charge in [0.2, 0.25) is 0 Å². The fourth-order valence-electron chi connectivity index (χ4n) is 1.61. The highest BCUT2D eigenvalue weighted by Crippen LogP contribution is 2.14. The third-order valence-corrected chi connectivity index (χ3v) is 2.85. The van der Waals surface area contributed by atoms with Crippen LogP contribution in [0.3, 0.4) is 0 Å². The lowest BCUT2D eigenvalue weighted by Gasteiger charge is -2.02. The standard InChI is InChI=1S/C12H9ClN6O/c13-8-1-3-9(4-2-8)16-12(20)10-5-11(18-17-10)19-6-14-15-7-19/h1-7H,(H,16,20)(H,17,18). The van der Waals surface area contributed by atoms with Crippen molar-refractivity contribution in [1.29, 1.82) is 0 Å². The van der Waals surface area contributed by atoms with Gasteiger partial charge in [0.25, 0.3) is 5.91 Å². The predicted molar refractivity (Wildman–Crippen MR) is 72.9 cm³/mol. The van der Waals surface area contributed by atoms with E-state index in [9.17, 15) is 4.79 Å². The Kier molecular flexibility index (Phi) is 3.18. The third-order valence-electron chi connectivity index (χ3n) is 2.59. The van der Waals surface area contributed by atoms with Gasteiger partial charge < -0.3 is 5.32 Å². The van der Waals surface area contributed by atoms with Crippen LogP contribution < -0.4 is 5.32 Å². The maximum atomic E-state index is 12.0. The lowest BCUT2D eigenvalue weighted by molar-refractivity contribution is 0.102. The van der Waals surface area contributed by atoms with Crippen molar-refractivity contribution in [3.63, 3.8) is 0 Å². The van der Waals surface area contributed by atoms with Crippen molar-refractivity contribution in [3.8, 4) is 5.82 Å². The summed E-state index contributed by atoms with van der Waals surface area (Å²) in [5.41, 5.74) is 0.989. The number of nitrogens with zero attached hydrogens (tertiary/aromatic N) is 4. The number of nitrogens with one attached hydrogen (secondary N) is 2. The number of amides is 1. The number of hydrogen-bond acceptors (Lipinski definition) is 4. The molecule has 0 saturated carbocycles. The number of H-pyrrole nitrogens is 1. The Balaban J connectivity index is 1.76. The van der Waals surface area contributed by atoms with Gasteiger partial charge in [-0.15, -0.1) is 10.2 Å². The highest BCUT2D eigenvalue weighted by Gasteiger charge is 2.11. The number of carbonyl (C=O) groups is 1. The minimum absolute atomic E-state index is 0.292. The Bertz CT molecular complexity index is 719. The van der Waals surface area contributed by atoms with Crippen LogP contribution in [0.5, 0.6) is 0 Å². The molecule has 7 nitrogen and oxygen atoms in total. The van der Waals surface area contributed by atoms with Gasteiger partial charge in [0.1, 0.15) is 18.3 Å². The largest absolute Gasteiger partial charge is 0.321 e. The van der Waals surface area contributed by atoms with Gasteiger partial charge in [0.05, 0.1) is 0 Å². The summed E-state index contributed by atoms with van der Waals surface area (Å²) in [6, 6.07) is 8.45. The van der Waals surface area contributed by atoms with Gasteiger partial charge in [-0.3, -0.25) is 14.5 Å². The zero-order chi connectivity index (χ0) is 13.9. The fraction of sp³-hybridized carbons (Fsp3) is 0. The summed E-state index contributed by atoms with van der Waals surface area (Å²) in [5, 5.41) is 17.4. The molecule has 0 saturated heterocycles. The smallest absolute Gasteiger partial charge is 0.273 e. The van der Waals surface area contributed by atoms with Crippen LogP contribution in [0.1, 0.15) is 10.5 Å². The Morgan fingerprint density at radius 3 is 2.60 bits per heavy atom. The van der Waals surface area contributed by atoms with Crippen LogP contribution >= 0.6 is 11.6 Å². The highest BCUT2D eigenvalue weighted by atomic mass is 35.5. The van der Waals surface area contributed by atoms with Gasteiger partial charge in [0, 0.05) is 16.8 Å². The van der Waals surface area contributed by atoms with Crippen LogP contribution in [0.25, 0.3) is 5.82 Å². The molecule has 2 N–H and O–H groups in total. The average molecular weight is 289 g/mol. The molecule has 0 radical (unpaired) electrons. The van der Waals surface area contributed by atoms with Crippen LogP contribution in [0.15, 0.2) is 43.0 Å². The van der Waals surface area contributed by atoms with E-state index in [1.165, 1.54) is 12.7 Å². The molecule has 0 fully saturated rings. The van der Waals surface area contributed by atoms with Gasteiger partial charge in [-0.25, -0.2) is 0 Å². The van der Waals surface area contributed by atoms with E-state index in [0.717, 1.165) is 0 Å². The van der Waals surface area contributed by atoms with Crippen LogP contribution in [0.2, 0.25) is 5.02 Å². The summed E-state index contributed by atoms with van der Waals surface area (Å²) < 4.78 is 1.59. The molecule has 1 amide bonds. The molecule has 2 heterocycles. The van der Waals surface area contributed by atoms with Crippen LogP contribution in [-0.4, -0.2) is 30.9 Å². The second-order valence-electron chi connectivity index (χ2n) is 3.97. The summed E-state index contributed by atoms with van der Waals surface area (Å²) in [4.78, 5) is 12.0. The molecule has 0 aliphatic carbocycles. The summed E-state index contributed by atoms with van der Waals surface area (Å²) in [7, 11) is 0. The van der Waals surface area contributed by atoms with E-state index in [1.54, 1.807) is 34.9 Å². The van der Waals surface area contributed by atoms with E-state index in [4.69, 9.17) is 11.6 Å². The van der Waals surface area contributed by atoms with E-state index >= 15 is 0 Å². The Hall–Kier alpha value is -2.67. The first-order valence-corrected chi connectivity index (χ1v) is 6.07. The number of carbonyl (C=O) groups excluding carboxylic acids is 1. The molecule has 1 aromatic carbocycles. The van der Waals surface area contributed by atoms with Crippen molar-refractivity contribution in [2.75, 3.05) is 5.32 Å². The van der Waals surface area contributed by atoms with Crippen molar-refractivity contribution in [3.05, 3.63) is 53.7 Å². The molecule has 0 atom stereocenters. The number of aromatic amines is 1. The topological polar surface area (TPSA) is 88.5 Å². The van der Waals surface area contributed by atoms with Gasteiger partial charge in [-0.1, -0.05) is 11.6 Å². The van der Waals surface area contributed by atoms with E-state index in [2.05, 4.69) is 25.7 Å². The maximum absolute atomic E-state index is 12.0. The lowest BCUT2D eigenvalue weighted by atomic mass is 10.3. The summed E-state index contributed by atoms with van der Waals surface area (Å²) >= 11 is 5.78. The molecule has 0 unspecified atom stereocenters. The van der Waals surface area contributed by atoms with E-state index in [-0.39, 0.29) is 5.91 Å². The minimum Gasteiger partial charge on any atom is -0.321 e. The summed E-state index contributed by atoms with van der Waals surface area (Å²) in [6.07, 6.45) is 2.99. The van der Waals surface area contributed by atoms with Gasteiger partial charge >= 0.3 is 0 Å². The fourth-order valence-corrected chi connectivity index (χ4v) is 1.74. The van der Waals surface area contributed by atoms with Gasteiger partial charge in [0.15, 0.2) is 5.82 Å². The molecule has 20 heavy (non-hydrogen) atoms. The molecule has 3 aromatic rings. The summed E-state index contributed by atoms with van der Waals surface area (Å²) in [5.74, 6) is 0.246. The third kappa shape index (κ3) is 2.52. The second-order valence-corrected chi connectivity index (χ2v) is 4.41. The number of anilines is 1. The number of aromatic nitrogens is 5. The second kappa shape index (κ2) is 5.14. The maximum Gasteiger partial charge on any atom is 0.273 e. The van der Waals surface area contributed by atoms with Crippen LogP contribution in [0, 0.1) is 0 Å². The Morgan fingerprint density at radius 1 is 1.20 bits per heavy atom. The number of halogens is 1. The van der Waals surface area contributed by atoms with Crippen molar-refractivity contribution >= 4 is 23.2 Å². The lowest BCUT2D eigenvalue weighted by Crippen LogP contribution is -2.12. The molecule has 3 rings (SSSR count). The zero-order valence-corrected chi connectivity index (χ0v) is 10.9. The molecule has 2 aromatic heterocycles. The van der Waals surface area contributed by atoms with Gasteiger partial charge in [-0.2, -0.15) is 5.10 Å². The molecule has 0 aliphatic rings. The van der Waals surface area contributed by atoms with Crippen LogP contribution in [0.4, 0.5) is 5.69 Å². The molecule has 0 bridgehead atoms. The number of rotatable bonds is 3. The minimum atomic E-state index is -0.292. The Labute approximate surface area is 118 Å². The number of hydrogen-bond donors (Lipinski definition) is 2. The quantitative estimate of drug-likeness (QED) is 0.770. The first kappa shape index (κ1) is 12.4. The van der Waals surface area contributed by atoms with Crippen molar-refractivity contribution in [2.24, 2.45) is 0 Å². The van der Waals surface area contributed by atoms with Crippen molar-refractivity contribution in [2.45, 2.75) is 0 Å². The summed E-state index contributed by atoms with van der Waals surface area (Å²) in [6.45, 7) is 0. The molecule has 100 valence electrons. The predicted octanol–water partition coefficient (Wildman–Crippen LogP) is 1.90. The zero-order valence-electron chi connectivity index (χ0n) is 10.1. The SMILES string of the molecule is O=C(Nc1ccc(Cl)cc1)c1cc(-n2cnnc2)n[nH]1. The monoisotopic (exact) mass is 288 g/mol. The highest BCUT2D eigenvalue weighted by molar-refractivity contribution is 6.30. The molecule has 0 aliphatic heterocycles. The van der Waals surface area contributed by atoms with Crippen LogP contribution in [-0.2, 0) is 0 Å². The first-order chi connectivity index (χ1) is 9.72. The Morgan fingerprint density at radius 2 is 1.90 bits per heavy atom. The molecular weight excluding hydrogens is 280 g/mol. The molecule has 0 spiro atoms. The van der Waals surface area contributed by atoms with Gasteiger partial charge in [-0.05, 0) is 24.3 Å². The van der Waals surface area contributed by atoms with Crippen molar-refractivity contribution in [1.82, 2.24) is 25.0 Å². The van der Waals surface area contributed by atoms with E-state index in [0.29, 0.717) is 22.2 Å².